The van der Waals surface area contributed by atoms with Crippen molar-refractivity contribution < 1.29 is 0 Å². The molecule has 0 atom stereocenters. The minimum Gasteiger partial charge on any atom is -0.337 e. The number of rotatable bonds is 1. The standard InChI is InChI=1S/C8H11IN2/c9-7-5-10-8(11-7)6-3-1-2-4-6/h5-6H,1-4H2,(H,10,11). The quantitative estimate of drug-likeness (QED) is 0.774. The van der Waals surface area contributed by atoms with Crippen LogP contribution in [0.4, 0.5) is 0 Å². The van der Waals surface area contributed by atoms with E-state index in [9.17, 15) is 0 Å². The molecule has 1 saturated carbocycles. The molecule has 1 heterocycles. The Morgan fingerprint density at radius 2 is 2.18 bits per heavy atom. The molecule has 0 radical (unpaired) electrons. The first-order chi connectivity index (χ1) is 5.36. The van der Waals surface area contributed by atoms with Crippen molar-refractivity contribution in [3.63, 3.8) is 0 Å². The van der Waals surface area contributed by atoms with Crippen LogP contribution in [0.2, 0.25) is 0 Å². The molecular weight excluding hydrogens is 251 g/mol. The third-order valence-corrected chi connectivity index (χ3v) is 2.85. The number of aromatic amines is 1. The van der Waals surface area contributed by atoms with Crippen molar-refractivity contribution in [2.45, 2.75) is 31.6 Å². The summed E-state index contributed by atoms with van der Waals surface area (Å²) in [4.78, 5) is 7.63. The number of hydrogen-bond donors (Lipinski definition) is 1. The van der Waals surface area contributed by atoms with E-state index in [-0.39, 0.29) is 0 Å². The highest BCUT2D eigenvalue weighted by Gasteiger charge is 2.19. The summed E-state index contributed by atoms with van der Waals surface area (Å²) in [6.07, 6.45) is 7.31. The molecule has 0 bridgehead atoms. The molecule has 1 fully saturated rings. The summed E-state index contributed by atoms with van der Waals surface area (Å²) < 4.78 is 1.16. The minimum atomic E-state index is 0.721. The van der Waals surface area contributed by atoms with Crippen molar-refractivity contribution in [2.75, 3.05) is 0 Å². The predicted molar refractivity (Wildman–Crippen MR) is 52.5 cm³/mol. The van der Waals surface area contributed by atoms with Crippen LogP contribution >= 0.6 is 22.6 Å². The molecule has 0 amide bonds. The topological polar surface area (TPSA) is 28.7 Å². The zero-order chi connectivity index (χ0) is 7.68. The van der Waals surface area contributed by atoms with Gasteiger partial charge in [0.15, 0.2) is 0 Å². The Bertz CT molecular complexity index is 238. The summed E-state index contributed by atoms with van der Waals surface area (Å²) in [5.41, 5.74) is 0. The monoisotopic (exact) mass is 262 g/mol. The first-order valence-corrected chi connectivity index (χ1v) is 5.14. The highest BCUT2D eigenvalue weighted by Crippen LogP contribution is 2.32. The second-order valence-corrected chi connectivity index (χ2v) is 4.26. The maximum Gasteiger partial charge on any atom is 0.109 e. The van der Waals surface area contributed by atoms with E-state index < -0.39 is 0 Å². The van der Waals surface area contributed by atoms with Gasteiger partial charge in [-0.15, -0.1) is 0 Å². The van der Waals surface area contributed by atoms with Crippen molar-refractivity contribution >= 4 is 22.6 Å². The minimum absolute atomic E-state index is 0.721. The van der Waals surface area contributed by atoms with Gasteiger partial charge in [0.25, 0.3) is 0 Å². The Kier molecular flexibility index (Phi) is 2.16. The zero-order valence-corrected chi connectivity index (χ0v) is 8.47. The Morgan fingerprint density at radius 3 is 2.73 bits per heavy atom. The molecule has 1 aliphatic rings. The van der Waals surface area contributed by atoms with Gasteiger partial charge in [-0.1, -0.05) is 12.8 Å². The second-order valence-electron chi connectivity index (χ2n) is 3.10. The van der Waals surface area contributed by atoms with E-state index in [0.29, 0.717) is 0 Å². The van der Waals surface area contributed by atoms with Gasteiger partial charge in [-0.3, -0.25) is 0 Å². The molecule has 1 aromatic heterocycles. The summed E-state index contributed by atoms with van der Waals surface area (Å²) in [5.74, 6) is 1.92. The first kappa shape index (κ1) is 7.58. The number of hydrogen-bond acceptors (Lipinski definition) is 1. The third-order valence-electron chi connectivity index (χ3n) is 2.31. The molecule has 1 aliphatic carbocycles. The Morgan fingerprint density at radius 1 is 1.45 bits per heavy atom. The lowest BCUT2D eigenvalue weighted by Gasteiger charge is -2.02. The van der Waals surface area contributed by atoms with E-state index >= 15 is 0 Å². The average molecular weight is 262 g/mol. The molecule has 1 N–H and O–H groups in total. The fraction of sp³-hybridized carbons (Fsp3) is 0.625. The number of aromatic nitrogens is 2. The van der Waals surface area contributed by atoms with Gasteiger partial charge < -0.3 is 4.98 Å². The van der Waals surface area contributed by atoms with Gasteiger partial charge >= 0.3 is 0 Å². The van der Waals surface area contributed by atoms with Gasteiger partial charge in [0.2, 0.25) is 0 Å². The molecule has 1 aromatic rings. The summed E-state index contributed by atoms with van der Waals surface area (Å²) in [7, 11) is 0. The highest BCUT2D eigenvalue weighted by atomic mass is 127. The maximum atomic E-state index is 4.33. The summed E-state index contributed by atoms with van der Waals surface area (Å²) in [6.45, 7) is 0. The van der Waals surface area contributed by atoms with Crippen LogP contribution < -0.4 is 0 Å². The number of nitrogens with one attached hydrogen (secondary N) is 1. The molecule has 60 valence electrons. The average Bonchev–Trinajstić information content (AvgIpc) is 2.55. The van der Waals surface area contributed by atoms with Crippen LogP contribution in [0.25, 0.3) is 0 Å². The molecular formula is C8H11IN2. The molecule has 2 rings (SSSR count). The maximum absolute atomic E-state index is 4.33. The van der Waals surface area contributed by atoms with Crippen molar-refractivity contribution in [1.82, 2.24) is 9.97 Å². The lowest BCUT2D eigenvalue weighted by atomic mass is 10.1. The van der Waals surface area contributed by atoms with Gasteiger partial charge in [0.05, 0.1) is 9.90 Å². The normalized spacial score (nSPS) is 19.4. The first-order valence-electron chi connectivity index (χ1n) is 4.06. The number of halogens is 1. The van der Waals surface area contributed by atoms with Gasteiger partial charge in [0, 0.05) is 5.92 Å². The summed E-state index contributed by atoms with van der Waals surface area (Å²) in [6, 6.07) is 0. The van der Waals surface area contributed by atoms with Crippen LogP contribution in [0.1, 0.15) is 37.4 Å². The lowest BCUT2D eigenvalue weighted by Crippen LogP contribution is -1.94. The van der Waals surface area contributed by atoms with Crippen LogP contribution in [0.15, 0.2) is 6.20 Å². The molecule has 0 saturated heterocycles. The zero-order valence-electron chi connectivity index (χ0n) is 6.31. The van der Waals surface area contributed by atoms with E-state index in [1.54, 1.807) is 0 Å². The van der Waals surface area contributed by atoms with Crippen LogP contribution in [0.3, 0.4) is 0 Å². The predicted octanol–water partition coefficient (Wildman–Crippen LogP) is 2.67. The van der Waals surface area contributed by atoms with E-state index in [1.165, 1.54) is 31.5 Å². The van der Waals surface area contributed by atoms with Crippen LogP contribution in [-0.2, 0) is 0 Å². The van der Waals surface area contributed by atoms with E-state index in [2.05, 4.69) is 32.6 Å². The molecule has 0 spiro atoms. The van der Waals surface area contributed by atoms with Crippen molar-refractivity contribution in [3.05, 3.63) is 15.7 Å². The summed E-state index contributed by atoms with van der Waals surface area (Å²) >= 11 is 2.27. The lowest BCUT2D eigenvalue weighted by molar-refractivity contribution is 0.677. The Balaban J connectivity index is 2.15. The fourth-order valence-electron chi connectivity index (χ4n) is 1.72. The van der Waals surface area contributed by atoms with Gasteiger partial charge in [0.1, 0.15) is 5.82 Å². The highest BCUT2D eigenvalue weighted by molar-refractivity contribution is 14.1. The Hall–Kier alpha value is -0.0600. The molecule has 0 aromatic carbocycles. The smallest absolute Gasteiger partial charge is 0.109 e. The molecule has 0 aliphatic heterocycles. The van der Waals surface area contributed by atoms with Crippen molar-refractivity contribution in [1.29, 1.82) is 0 Å². The van der Waals surface area contributed by atoms with E-state index in [4.69, 9.17) is 0 Å². The SMILES string of the molecule is Ic1cnc(C2CCCC2)[nH]1. The van der Waals surface area contributed by atoms with Crippen molar-refractivity contribution in [3.8, 4) is 0 Å². The van der Waals surface area contributed by atoms with Gasteiger partial charge in [-0.25, -0.2) is 4.98 Å². The number of imidazole rings is 1. The van der Waals surface area contributed by atoms with Crippen LogP contribution in [-0.4, -0.2) is 9.97 Å². The molecule has 3 heteroatoms. The van der Waals surface area contributed by atoms with E-state index in [0.717, 1.165) is 9.62 Å². The molecule has 0 unspecified atom stereocenters. The van der Waals surface area contributed by atoms with Crippen LogP contribution in [0, 0.1) is 3.70 Å². The molecule has 11 heavy (non-hydrogen) atoms. The van der Waals surface area contributed by atoms with Crippen LogP contribution in [0.5, 0.6) is 0 Å². The van der Waals surface area contributed by atoms with Gasteiger partial charge in [-0.05, 0) is 35.4 Å². The number of H-pyrrole nitrogens is 1. The molecule has 2 nitrogen and oxygen atoms in total. The fourth-order valence-corrected chi connectivity index (χ4v) is 2.14. The third kappa shape index (κ3) is 1.58. The van der Waals surface area contributed by atoms with Gasteiger partial charge in [-0.2, -0.15) is 0 Å². The van der Waals surface area contributed by atoms with E-state index in [1.807, 2.05) is 6.20 Å². The summed E-state index contributed by atoms with van der Waals surface area (Å²) in [5, 5.41) is 0. The Labute approximate surface area is 79.9 Å². The van der Waals surface area contributed by atoms with Crippen molar-refractivity contribution in [2.24, 2.45) is 0 Å². The second kappa shape index (κ2) is 3.13. The number of nitrogens with zero attached hydrogens (tertiary/aromatic N) is 1. The largest absolute Gasteiger partial charge is 0.337 e.